The monoisotopic (exact) mass is 273 g/mol. The molecule has 1 fully saturated rings. The van der Waals surface area contributed by atoms with E-state index in [1.807, 2.05) is 6.92 Å². The van der Waals surface area contributed by atoms with Crippen LogP contribution in [0.25, 0.3) is 0 Å². The average molecular weight is 273 g/mol. The molecule has 0 unspecified atom stereocenters. The first-order valence-electron chi connectivity index (χ1n) is 5.54. The molecule has 18 heavy (non-hydrogen) atoms. The molecule has 0 bridgehead atoms. The van der Waals surface area contributed by atoms with Crippen LogP contribution in [0.4, 0.5) is 0 Å². The fraction of sp³-hybridized carbons (Fsp3) is 0.500. The lowest BCUT2D eigenvalue weighted by Crippen LogP contribution is -2.52. The van der Waals surface area contributed by atoms with Crippen LogP contribution in [-0.2, 0) is 10.0 Å². The average Bonchev–Trinajstić information content (AvgIpc) is 2.77. The highest BCUT2D eigenvalue weighted by Gasteiger charge is 2.27. The van der Waals surface area contributed by atoms with Crippen LogP contribution in [0.3, 0.4) is 0 Å². The maximum Gasteiger partial charge on any atom is 0.289 e. The molecule has 2 rings (SSSR count). The molecule has 1 amide bonds. The van der Waals surface area contributed by atoms with E-state index in [0.717, 1.165) is 0 Å². The zero-order chi connectivity index (χ0) is 13.3. The maximum atomic E-state index is 12.1. The summed E-state index contributed by atoms with van der Waals surface area (Å²) in [7, 11) is -3.91. The predicted molar refractivity (Wildman–Crippen MR) is 63.4 cm³/mol. The number of nitrogens with two attached hydrogens (primary N) is 1. The molecule has 0 aliphatic carbocycles. The van der Waals surface area contributed by atoms with Crippen LogP contribution < -0.4 is 10.5 Å². The summed E-state index contributed by atoms with van der Waals surface area (Å²) in [5, 5.41) is 7.68. The molecular weight excluding hydrogens is 258 g/mol. The molecule has 0 saturated carbocycles. The summed E-state index contributed by atoms with van der Waals surface area (Å²) < 4.78 is 27.1. The van der Waals surface area contributed by atoms with Gasteiger partial charge in [-0.3, -0.25) is 4.79 Å². The molecular formula is C10H15N3O4S. The number of carbonyl (C=O) groups is 1. The number of carbonyl (C=O) groups excluding carboxylic acids is 1. The molecule has 0 aromatic carbocycles. The molecule has 7 nitrogen and oxygen atoms in total. The van der Waals surface area contributed by atoms with Gasteiger partial charge >= 0.3 is 0 Å². The fourth-order valence-electron chi connectivity index (χ4n) is 1.87. The molecule has 0 radical (unpaired) electrons. The molecule has 1 saturated heterocycles. The molecule has 3 N–H and O–H groups in total. The third kappa shape index (κ3) is 2.55. The lowest BCUT2D eigenvalue weighted by atomic mass is 10.2. The Morgan fingerprint density at radius 1 is 1.56 bits per heavy atom. The zero-order valence-electron chi connectivity index (χ0n) is 9.92. The zero-order valence-corrected chi connectivity index (χ0v) is 10.7. The van der Waals surface area contributed by atoms with Gasteiger partial charge < -0.3 is 14.6 Å². The smallest absolute Gasteiger partial charge is 0.289 e. The lowest BCUT2D eigenvalue weighted by molar-refractivity contribution is 0.0617. The summed E-state index contributed by atoms with van der Waals surface area (Å²) in [6.45, 7) is 3.88. The summed E-state index contributed by atoms with van der Waals surface area (Å²) in [5.41, 5.74) is 0. The third-order valence-corrected chi connectivity index (χ3v) is 3.61. The molecule has 1 aliphatic rings. The Morgan fingerprint density at radius 2 is 2.28 bits per heavy atom. The highest BCUT2D eigenvalue weighted by Crippen LogP contribution is 2.16. The van der Waals surface area contributed by atoms with Crippen molar-refractivity contribution in [1.29, 1.82) is 0 Å². The normalized spacial score (nSPS) is 21.0. The van der Waals surface area contributed by atoms with Crippen molar-refractivity contribution in [2.45, 2.75) is 18.1 Å². The van der Waals surface area contributed by atoms with E-state index in [0.29, 0.717) is 19.6 Å². The Bertz CT molecular complexity index is 551. The van der Waals surface area contributed by atoms with E-state index in [1.54, 1.807) is 4.90 Å². The number of furan rings is 1. The summed E-state index contributed by atoms with van der Waals surface area (Å²) in [6.07, 6.45) is 0. The van der Waals surface area contributed by atoms with Crippen molar-refractivity contribution in [2.75, 3.05) is 19.6 Å². The SMILES string of the molecule is C[C@@H]1CNCCN1C(=O)c1ccc(S(N)(=O)=O)o1. The van der Waals surface area contributed by atoms with Crippen LogP contribution in [-0.4, -0.2) is 44.9 Å². The highest BCUT2D eigenvalue weighted by molar-refractivity contribution is 7.89. The van der Waals surface area contributed by atoms with E-state index in [9.17, 15) is 13.2 Å². The minimum absolute atomic E-state index is 0.00669. The van der Waals surface area contributed by atoms with E-state index in [4.69, 9.17) is 9.56 Å². The number of primary sulfonamides is 1. The summed E-state index contributed by atoms with van der Waals surface area (Å²) in [6, 6.07) is 2.56. The molecule has 2 heterocycles. The van der Waals surface area contributed by atoms with Crippen LogP contribution >= 0.6 is 0 Å². The van der Waals surface area contributed by atoms with Crippen LogP contribution in [0.5, 0.6) is 0 Å². The van der Waals surface area contributed by atoms with E-state index in [1.165, 1.54) is 12.1 Å². The molecule has 1 atom stereocenters. The highest BCUT2D eigenvalue weighted by atomic mass is 32.2. The van der Waals surface area contributed by atoms with Crippen LogP contribution in [0, 0.1) is 0 Å². The van der Waals surface area contributed by atoms with Crippen molar-refractivity contribution in [3.05, 3.63) is 17.9 Å². The standard InChI is InChI=1S/C10H15N3O4S/c1-7-6-12-4-5-13(7)10(14)8-2-3-9(17-8)18(11,15)16/h2-3,7,12H,4-6H2,1H3,(H2,11,15,16)/t7-/m1/s1. The van der Waals surface area contributed by atoms with Gasteiger partial charge in [-0.2, -0.15) is 0 Å². The molecule has 100 valence electrons. The summed E-state index contributed by atoms with van der Waals surface area (Å²) in [5.74, 6) is -0.327. The number of hydrogen-bond acceptors (Lipinski definition) is 5. The summed E-state index contributed by atoms with van der Waals surface area (Å²) >= 11 is 0. The van der Waals surface area contributed by atoms with Crippen molar-refractivity contribution in [3.8, 4) is 0 Å². The van der Waals surface area contributed by atoms with E-state index >= 15 is 0 Å². The van der Waals surface area contributed by atoms with Crippen molar-refractivity contribution in [3.63, 3.8) is 0 Å². The first-order valence-corrected chi connectivity index (χ1v) is 7.08. The number of sulfonamides is 1. The Balaban J connectivity index is 2.21. The molecule has 8 heteroatoms. The Hall–Kier alpha value is -1.38. The first kappa shape index (κ1) is 13.1. The van der Waals surface area contributed by atoms with Gasteiger partial charge in [-0.25, -0.2) is 13.6 Å². The molecule has 1 aromatic rings. The van der Waals surface area contributed by atoms with Gasteiger partial charge in [0.15, 0.2) is 5.76 Å². The van der Waals surface area contributed by atoms with E-state index < -0.39 is 15.1 Å². The van der Waals surface area contributed by atoms with Gasteiger partial charge in [0.25, 0.3) is 15.9 Å². The van der Waals surface area contributed by atoms with Crippen molar-refractivity contribution in [2.24, 2.45) is 5.14 Å². The minimum Gasteiger partial charge on any atom is -0.438 e. The van der Waals surface area contributed by atoms with E-state index in [2.05, 4.69) is 5.32 Å². The van der Waals surface area contributed by atoms with Crippen LogP contribution in [0.2, 0.25) is 0 Å². The first-order chi connectivity index (χ1) is 8.39. The molecule has 1 aromatic heterocycles. The van der Waals surface area contributed by atoms with Gasteiger partial charge in [0.1, 0.15) is 0 Å². The van der Waals surface area contributed by atoms with Gasteiger partial charge in [-0.15, -0.1) is 0 Å². The third-order valence-electron chi connectivity index (χ3n) is 2.83. The Kier molecular flexibility index (Phi) is 3.42. The Morgan fingerprint density at radius 3 is 2.83 bits per heavy atom. The van der Waals surface area contributed by atoms with E-state index in [-0.39, 0.29) is 17.7 Å². The molecule has 0 spiro atoms. The number of hydrogen-bond donors (Lipinski definition) is 2. The van der Waals surface area contributed by atoms with Crippen LogP contribution in [0.15, 0.2) is 21.6 Å². The number of piperazine rings is 1. The topological polar surface area (TPSA) is 106 Å². The number of amides is 1. The quantitative estimate of drug-likeness (QED) is 0.745. The van der Waals surface area contributed by atoms with Gasteiger partial charge in [0.05, 0.1) is 0 Å². The maximum absolute atomic E-state index is 12.1. The van der Waals surface area contributed by atoms with Gasteiger partial charge in [0.2, 0.25) is 5.09 Å². The largest absolute Gasteiger partial charge is 0.438 e. The number of nitrogens with zero attached hydrogens (tertiary/aromatic N) is 1. The lowest BCUT2D eigenvalue weighted by Gasteiger charge is -2.33. The summed E-state index contributed by atoms with van der Waals surface area (Å²) in [4.78, 5) is 13.8. The second kappa shape index (κ2) is 4.71. The minimum atomic E-state index is -3.91. The Labute approximate surface area is 105 Å². The van der Waals surface area contributed by atoms with Crippen molar-refractivity contribution >= 4 is 15.9 Å². The number of nitrogens with one attached hydrogen (secondary N) is 1. The predicted octanol–water partition coefficient (Wildman–Crippen LogP) is -0.639. The van der Waals surface area contributed by atoms with Crippen molar-refractivity contribution in [1.82, 2.24) is 10.2 Å². The molecule has 1 aliphatic heterocycles. The van der Waals surface area contributed by atoms with Gasteiger partial charge in [-0.1, -0.05) is 0 Å². The van der Waals surface area contributed by atoms with Gasteiger partial charge in [0, 0.05) is 25.7 Å². The second-order valence-corrected chi connectivity index (χ2v) is 5.71. The fourth-order valence-corrected chi connectivity index (χ4v) is 2.34. The number of rotatable bonds is 2. The van der Waals surface area contributed by atoms with Crippen molar-refractivity contribution < 1.29 is 17.6 Å². The second-order valence-electron chi connectivity index (χ2n) is 4.22. The van der Waals surface area contributed by atoms with Crippen LogP contribution in [0.1, 0.15) is 17.5 Å². The van der Waals surface area contributed by atoms with Gasteiger partial charge in [-0.05, 0) is 19.1 Å².